The molecule has 0 aliphatic carbocycles. The molecular formula is C9H13ClN2O2S. The summed E-state index contributed by atoms with van der Waals surface area (Å²) in [6.45, 7) is 5.33. The van der Waals surface area contributed by atoms with Gasteiger partial charge in [0, 0.05) is 0 Å². The van der Waals surface area contributed by atoms with Crippen LogP contribution in [0.15, 0.2) is 12.1 Å². The molecule has 1 rings (SSSR count). The summed E-state index contributed by atoms with van der Waals surface area (Å²) in [4.78, 5) is 11.5. The molecule has 0 aliphatic heterocycles. The van der Waals surface area contributed by atoms with E-state index in [4.69, 9.17) is 22.2 Å². The summed E-state index contributed by atoms with van der Waals surface area (Å²) in [5.74, 6) is 5.57. The second kappa shape index (κ2) is 4.38. The van der Waals surface area contributed by atoms with Crippen molar-refractivity contribution in [3.05, 3.63) is 16.5 Å². The third-order valence-electron chi connectivity index (χ3n) is 1.39. The van der Waals surface area contributed by atoms with Gasteiger partial charge < -0.3 is 4.74 Å². The van der Waals surface area contributed by atoms with Crippen molar-refractivity contribution >= 4 is 34.0 Å². The number of nitrogens with zero attached hydrogens (tertiary/aromatic N) is 1. The SMILES string of the molecule is CC(C)(C)OC(=O)N(N)c1ccc(Cl)s1. The summed E-state index contributed by atoms with van der Waals surface area (Å²) in [5, 5.41) is 1.50. The summed E-state index contributed by atoms with van der Waals surface area (Å²) in [6, 6.07) is 3.34. The number of carbonyl (C=O) groups excluding carboxylic acids is 1. The first-order valence-corrected chi connectivity index (χ1v) is 5.52. The molecule has 4 nitrogen and oxygen atoms in total. The number of thiophene rings is 1. The number of hydrogen-bond donors (Lipinski definition) is 1. The minimum Gasteiger partial charge on any atom is -0.442 e. The standard InChI is InChI=1S/C9H13ClN2O2S/c1-9(2,3)14-8(13)12(11)7-5-4-6(10)15-7/h4-5H,11H2,1-3H3. The van der Waals surface area contributed by atoms with E-state index in [1.807, 2.05) is 0 Å². The molecule has 1 heterocycles. The van der Waals surface area contributed by atoms with Crippen LogP contribution in [0.25, 0.3) is 0 Å². The predicted molar refractivity (Wildman–Crippen MR) is 62.2 cm³/mol. The number of anilines is 1. The molecule has 1 aromatic rings. The number of halogens is 1. The Morgan fingerprint density at radius 1 is 1.53 bits per heavy atom. The number of hydrogen-bond acceptors (Lipinski definition) is 4. The van der Waals surface area contributed by atoms with Gasteiger partial charge >= 0.3 is 6.09 Å². The maximum absolute atomic E-state index is 11.5. The van der Waals surface area contributed by atoms with E-state index in [0.717, 1.165) is 5.01 Å². The van der Waals surface area contributed by atoms with E-state index in [1.54, 1.807) is 32.9 Å². The van der Waals surface area contributed by atoms with Gasteiger partial charge in [-0.3, -0.25) is 0 Å². The Morgan fingerprint density at radius 2 is 2.13 bits per heavy atom. The van der Waals surface area contributed by atoms with Crippen LogP contribution in [0.3, 0.4) is 0 Å². The van der Waals surface area contributed by atoms with Gasteiger partial charge in [-0.1, -0.05) is 11.6 Å². The first-order chi connectivity index (χ1) is 6.79. The highest BCUT2D eigenvalue weighted by atomic mass is 35.5. The zero-order valence-corrected chi connectivity index (χ0v) is 10.4. The van der Waals surface area contributed by atoms with E-state index < -0.39 is 11.7 Å². The van der Waals surface area contributed by atoms with Crippen molar-refractivity contribution in [3.8, 4) is 0 Å². The fourth-order valence-corrected chi connectivity index (χ4v) is 1.78. The predicted octanol–water partition coefficient (Wildman–Crippen LogP) is 3.02. The largest absolute Gasteiger partial charge is 0.442 e. The summed E-state index contributed by atoms with van der Waals surface area (Å²) in [6.07, 6.45) is -0.596. The summed E-state index contributed by atoms with van der Waals surface area (Å²) in [5.41, 5.74) is -0.560. The molecule has 84 valence electrons. The highest BCUT2D eigenvalue weighted by molar-refractivity contribution is 7.20. The van der Waals surface area contributed by atoms with Gasteiger partial charge in [-0.05, 0) is 32.9 Å². The molecule has 2 N–H and O–H groups in total. The second-order valence-electron chi connectivity index (χ2n) is 3.93. The van der Waals surface area contributed by atoms with Gasteiger partial charge in [-0.25, -0.2) is 15.6 Å². The van der Waals surface area contributed by atoms with Crippen molar-refractivity contribution in [1.82, 2.24) is 0 Å². The van der Waals surface area contributed by atoms with Crippen LogP contribution in [0, 0.1) is 0 Å². The second-order valence-corrected chi connectivity index (χ2v) is 5.62. The van der Waals surface area contributed by atoms with Crippen LogP contribution in [0.5, 0.6) is 0 Å². The zero-order valence-electron chi connectivity index (χ0n) is 8.78. The lowest BCUT2D eigenvalue weighted by Crippen LogP contribution is -2.41. The maximum atomic E-state index is 11.5. The van der Waals surface area contributed by atoms with E-state index in [2.05, 4.69) is 0 Å². The van der Waals surface area contributed by atoms with Crippen molar-refractivity contribution in [3.63, 3.8) is 0 Å². The average Bonchev–Trinajstić information content (AvgIpc) is 2.47. The highest BCUT2D eigenvalue weighted by Crippen LogP contribution is 2.28. The third-order valence-corrected chi connectivity index (χ3v) is 2.62. The number of hydrazine groups is 1. The molecule has 0 unspecified atom stereocenters. The molecule has 0 saturated carbocycles. The van der Waals surface area contributed by atoms with E-state index in [1.165, 1.54) is 11.3 Å². The van der Waals surface area contributed by atoms with Gasteiger partial charge in [0.15, 0.2) is 0 Å². The van der Waals surface area contributed by atoms with Crippen molar-refractivity contribution in [1.29, 1.82) is 0 Å². The highest BCUT2D eigenvalue weighted by Gasteiger charge is 2.21. The van der Waals surface area contributed by atoms with Crippen molar-refractivity contribution < 1.29 is 9.53 Å². The summed E-state index contributed by atoms with van der Waals surface area (Å²) in [7, 11) is 0. The van der Waals surface area contributed by atoms with E-state index in [9.17, 15) is 4.79 Å². The minimum atomic E-state index is -0.596. The van der Waals surface area contributed by atoms with Crippen LogP contribution in [-0.4, -0.2) is 11.7 Å². The summed E-state index contributed by atoms with van der Waals surface area (Å²) < 4.78 is 5.66. The average molecular weight is 249 g/mol. The number of ether oxygens (including phenoxy) is 1. The molecular weight excluding hydrogens is 236 g/mol. The van der Waals surface area contributed by atoms with Gasteiger partial charge in [-0.15, -0.1) is 11.3 Å². The Kier molecular flexibility index (Phi) is 3.59. The van der Waals surface area contributed by atoms with E-state index in [0.29, 0.717) is 9.34 Å². The maximum Gasteiger partial charge on any atom is 0.430 e. The normalized spacial score (nSPS) is 11.3. The van der Waals surface area contributed by atoms with Crippen LogP contribution in [-0.2, 0) is 4.74 Å². The van der Waals surface area contributed by atoms with Gasteiger partial charge in [0.1, 0.15) is 10.6 Å². The Bertz CT molecular complexity index is 359. The molecule has 6 heteroatoms. The molecule has 15 heavy (non-hydrogen) atoms. The minimum absolute atomic E-state index is 0.550. The van der Waals surface area contributed by atoms with Gasteiger partial charge in [0.05, 0.1) is 4.34 Å². The third kappa shape index (κ3) is 3.70. The summed E-state index contributed by atoms with van der Waals surface area (Å²) >= 11 is 6.94. The van der Waals surface area contributed by atoms with Crippen LogP contribution in [0.1, 0.15) is 20.8 Å². The molecule has 0 aliphatic rings. The van der Waals surface area contributed by atoms with Gasteiger partial charge in [-0.2, -0.15) is 0 Å². The molecule has 0 atom stereocenters. The molecule has 0 spiro atoms. The van der Waals surface area contributed by atoms with Crippen molar-refractivity contribution in [2.75, 3.05) is 5.01 Å². The molecule has 0 radical (unpaired) electrons. The Morgan fingerprint density at radius 3 is 2.53 bits per heavy atom. The monoisotopic (exact) mass is 248 g/mol. The van der Waals surface area contributed by atoms with Crippen LogP contribution in [0.4, 0.5) is 9.80 Å². The Balaban J connectivity index is 2.69. The fourth-order valence-electron chi connectivity index (χ4n) is 0.835. The number of nitrogens with two attached hydrogens (primary N) is 1. The zero-order chi connectivity index (χ0) is 11.6. The lowest BCUT2D eigenvalue weighted by Gasteiger charge is -2.23. The molecule has 0 fully saturated rings. The van der Waals surface area contributed by atoms with Crippen molar-refractivity contribution in [2.45, 2.75) is 26.4 Å². The molecule has 1 aromatic heterocycles. The topological polar surface area (TPSA) is 55.6 Å². The quantitative estimate of drug-likeness (QED) is 0.472. The van der Waals surface area contributed by atoms with E-state index >= 15 is 0 Å². The lowest BCUT2D eigenvalue weighted by molar-refractivity contribution is 0.0581. The Hall–Kier alpha value is -0.780. The smallest absolute Gasteiger partial charge is 0.430 e. The molecule has 0 saturated heterocycles. The first-order valence-electron chi connectivity index (χ1n) is 4.33. The van der Waals surface area contributed by atoms with Crippen LogP contribution in [0.2, 0.25) is 4.34 Å². The van der Waals surface area contributed by atoms with Crippen molar-refractivity contribution in [2.24, 2.45) is 5.84 Å². The molecule has 1 amide bonds. The van der Waals surface area contributed by atoms with Crippen LogP contribution < -0.4 is 10.9 Å². The Labute approximate surface area is 97.5 Å². The lowest BCUT2D eigenvalue weighted by atomic mass is 10.2. The number of carbonyl (C=O) groups is 1. The molecule has 0 bridgehead atoms. The fraction of sp³-hybridized carbons (Fsp3) is 0.444. The van der Waals surface area contributed by atoms with E-state index in [-0.39, 0.29) is 0 Å². The van der Waals surface area contributed by atoms with Crippen LogP contribution >= 0.6 is 22.9 Å². The first kappa shape index (κ1) is 12.3. The number of rotatable bonds is 1. The number of amides is 1. The molecule has 0 aromatic carbocycles. The van der Waals surface area contributed by atoms with Gasteiger partial charge in [0.25, 0.3) is 0 Å². The van der Waals surface area contributed by atoms with Gasteiger partial charge in [0.2, 0.25) is 0 Å².